The number of hydrogen-bond donors (Lipinski definition) is 1. The van der Waals surface area contributed by atoms with Crippen molar-refractivity contribution in [3.8, 4) is 6.07 Å². The van der Waals surface area contributed by atoms with Gasteiger partial charge >= 0.3 is 0 Å². The van der Waals surface area contributed by atoms with E-state index in [0.29, 0.717) is 11.6 Å². The maximum Gasteiger partial charge on any atom is 0.0991 e. The molecule has 16 heavy (non-hydrogen) atoms. The highest BCUT2D eigenvalue weighted by atomic mass is 32.1. The first-order valence-electron chi connectivity index (χ1n) is 5.09. The van der Waals surface area contributed by atoms with E-state index in [1.165, 1.54) is 4.88 Å². The molecule has 80 valence electrons. The van der Waals surface area contributed by atoms with E-state index in [0.717, 1.165) is 5.69 Å². The Morgan fingerprint density at radius 2 is 2.00 bits per heavy atom. The Hall–Kier alpha value is -1.79. The van der Waals surface area contributed by atoms with Gasteiger partial charge in [-0.1, -0.05) is 6.07 Å². The summed E-state index contributed by atoms with van der Waals surface area (Å²) in [4.78, 5) is 1.31. The molecule has 0 radical (unpaired) electrons. The minimum atomic E-state index is 0.299. The summed E-state index contributed by atoms with van der Waals surface area (Å²) < 4.78 is 0. The van der Waals surface area contributed by atoms with E-state index in [1.54, 1.807) is 11.3 Å². The van der Waals surface area contributed by atoms with Crippen molar-refractivity contribution >= 4 is 17.0 Å². The third kappa shape index (κ3) is 2.41. The molecule has 0 spiro atoms. The summed E-state index contributed by atoms with van der Waals surface area (Å²) in [6.07, 6.45) is 0. The SMILES string of the molecule is CC(Nc1ccc(C#N)cc1)c1cccs1. The van der Waals surface area contributed by atoms with Crippen LogP contribution in [-0.4, -0.2) is 0 Å². The molecule has 0 aliphatic carbocycles. The highest BCUT2D eigenvalue weighted by Gasteiger charge is 2.05. The highest BCUT2D eigenvalue weighted by molar-refractivity contribution is 7.10. The van der Waals surface area contributed by atoms with Crippen LogP contribution in [0.3, 0.4) is 0 Å². The molecule has 1 aromatic carbocycles. The van der Waals surface area contributed by atoms with Crippen LogP contribution in [0.4, 0.5) is 5.69 Å². The predicted octanol–water partition coefficient (Wildman–Crippen LogP) is 3.79. The molecule has 1 N–H and O–H groups in total. The van der Waals surface area contributed by atoms with E-state index in [-0.39, 0.29) is 0 Å². The van der Waals surface area contributed by atoms with Crippen molar-refractivity contribution in [1.82, 2.24) is 0 Å². The monoisotopic (exact) mass is 228 g/mol. The van der Waals surface area contributed by atoms with Crippen LogP contribution in [0.15, 0.2) is 41.8 Å². The second-order valence-electron chi connectivity index (χ2n) is 3.57. The third-order valence-electron chi connectivity index (χ3n) is 2.37. The smallest absolute Gasteiger partial charge is 0.0991 e. The van der Waals surface area contributed by atoms with E-state index in [1.807, 2.05) is 24.3 Å². The lowest BCUT2D eigenvalue weighted by molar-refractivity contribution is 0.908. The van der Waals surface area contributed by atoms with E-state index in [2.05, 4.69) is 35.8 Å². The quantitative estimate of drug-likeness (QED) is 0.867. The van der Waals surface area contributed by atoms with Crippen LogP contribution >= 0.6 is 11.3 Å². The number of rotatable bonds is 3. The van der Waals surface area contributed by atoms with Gasteiger partial charge < -0.3 is 5.32 Å². The lowest BCUT2D eigenvalue weighted by Gasteiger charge is -2.13. The molecule has 0 aliphatic rings. The predicted molar refractivity (Wildman–Crippen MR) is 67.5 cm³/mol. The lowest BCUT2D eigenvalue weighted by atomic mass is 10.2. The van der Waals surface area contributed by atoms with Crippen molar-refractivity contribution in [2.24, 2.45) is 0 Å². The molecule has 2 nitrogen and oxygen atoms in total. The number of nitrogens with zero attached hydrogens (tertiary/aromatic N) is 1. The van der Waals surface area contributed by atoms with Gasteiger partial charge in [-0.25, -0.2) is 0 Å². The first kappa shape index (κ1) is 10.7. The molecule has 1 aromatic heterocycles. The van der Waals surface area contributed by atoms with Gasteiger partial charge in [-0.3, -0.25) is 0 Å². The molecule has 0 saturated carbocycles. The third-order valence-corrected chi connectivity index (χ3v) is 3.42. The van der Waals surface area contributed by atoms with E-state index < -0.39 is 0 Å². The fraction of sp³-hybridized carbons (Fsp3) is 0.154. The van der Waals surface area contributed by atoms with Crippen molar-refractivity contribution < 1.29 is 0 Å². The minimum Gasteiger partial charge on any atom is -0.378 e. The molecule has 0 amide bonds. The largest absolute Gasteiger partial charge is 0.378 e. The summed E-state index contributed by atoms with van der Waals surface area (Å²) in [5.41, 5.74) is 1.73. The number of benzene rings is 1. The average molecular weight is 228 g/mol. The zero-order chi connectivity index (χ0) is 11.4. The first-order chi connectivity index (χ1) is 7.79. The molecule has 0 saturated heterocycles. The fourth-order valence-corrected chi connectivity index (χ4v) is 2.23. The van der Waals surface area contributed by atoms with Gasteiger partial charge in [0.05, 0.1) is 17.7 Å². The van der Waals surface area contributed by atoms with Crippen molar-refractivity contribution in [3.63, 3.8) is 0 Å². The molecule has 2 aromatic rings. The van der Waals surface area contributed by atoms with Gasteiger partial charge in [0, 0.05) is 10.6 Å². The summed E-state index contributed by atoms with van der Waals surface area (Å²) in [6.45, 7) is 2.13. The van der Waals surface area contributed by atoms with Crippen molar-refractivity contribution in [1.29, 1.82) is 5.26 Å². The maximum atomic E-state index is 8.69. The van der Waals surface area contributed by atoms with Crippen LogP contribution in [-0.2, 0) is 0 Å². The Labute approximate surface area is 99.2 Å². The van der Waals surface area contributed by atoms with Crippen molar-refractivity contribution in [2.75, 3.05) is 5.32 Å². The van der Waals surface area contributed by atoms with Gasteiger partial charge in [-0.2, -0.15) is 5.26 Å². The number of anilines is 1. The summed E-state index contributed by atoms with van der Waals surface area (Å²) in [5, 5.41) is 14.2. The van der Waals surface area contributed by atoms with Crippen LogP contribution in [0.25, 0.3) is 0 Å². The second-order valence-corrected chi connectivity index (χ2v) is 4.55. The summed E-state index contributed by atoms with van der Waals surface area (Å²) in [7, 11) is 0. The fourth-order valence-electron chi connectivity index (χ4n) is 1.50. The Morgan fingerprint density at radius 3 is 2.56 bits per heavy atom. The number of nitriles is 1. The molecule has 1 unspecified atom stereocenters. The van der Waals surface area contributed by atoms with Crippen LogP contribution in [0.2, 0.25) is 0 Å². The summed E-state index contributed by atoms with van der Waals surface area (Å²) in [5.74, 6) is 0. The molecular weight excluding hydrogens is 216 g/mol. The molecule has 1 atom stereocenters. The Morgan fingerprint density at radius 1 is 1.25 bits per heavy atom. The molecule has 3 heteroatoms. The summed E-state index contributed by atoms with van der Waals surface area (Å²) >= 11 is 1.74. The van der Waals surface area contributed by atoms with Crippen molar-refractivity contribution in [2.45, 2.75) is 13.0 Å². The van der Waals surface area contributed by atoms with Crippen LogP contribution in [0, 0.1) is 11.3 Å². The lowest BCUT2D eigenvalue weighted by Crippen LogP contribution is -2.04. The van der Waals surface area contributed by atoms with E-state index in [4.69, 9.17) is 5.26 Å². The minimum absolute atomic E-state index is 0.299. The molecule has 2 rings (SSSR count). The van der Waals surface area contributed by atoms with Gasteiger partial charge in [0.1, 0.15) is 0 Å². The Kier molecular flexibility index (Phi) is 3.23. The number of hydrogen-bond acceptors (Lipinski definition) is 3. The second kappa shape index (κ2) is 4.82. The highest BCUT2D eigenvalue weighted by Crippen LogP contribution is 2.22. The van der Waals surface area contributed by atoms with Gasteiger partial charge in [0.2, 0.25) is 0 Å². The standard InChI is InChI=1S/C13H12N2S/c1-10(13-3-2-8-16-13)15-12-6-4-11(9-14)5-7-12/h2-8,10,15H,1H3. The maximum absolute atomic E-state index is 8.69. The van der Waals surface area contributed by atoms with Crippen molar-refractivity contribution in [3.05, 3.63) is 52.2 Å². The first-order valence-corrected chi connectivity index (χ1v) is 5.97. The van der Waals surface area contributed by atoms with Crippen LogP contribution < -0.4 is 5.32 Å². The molecule has 0 aliphatic heterocycles. The van der Waals surface area contributed by atoms with Gasteiger partial charge in [0.15, 0.2) is 0 Å². The molecule has 0 fully saturated rings. The van der Waals surface area contributed by atoms with E-state index >= 15 is 0 Å². The average Bonchev–Trinajstić information content (AvgIpc) is 2.83. The van der Waals surface area contributed by atoms with E-state index in [9.17, 15) is 0 Å². The molecule has 1 heterocycles. The van der Waals surface area contributed by atoms with Gasteiger partial charge in [0.25, 0.3) is 0 Å². The summed E-state index contributed by atoms with van der Waals surface area (Å²) in [6, 6.07) is 14.1. The normalized spacial score (nSPS) is 11.8. The Balaban J connectivity index is 2.07. The number of nitrogens with one attached hydrogen (secondary N) is 1. The zero-order valence-electron chi connectivity index (χ0n) is 8.97. The van der Waals surface area contributed by atoms with Crippen LogP contribution in [0.1, 0.15) is 23.4 Å². The zero-order valence-corrected chi connectivity index (χ0v) is 9.79. The Bertz CT molecular complexity index is 480. The molecular formula is C13H12N2S. The topological polar surface area (TPSA) is 35.8 Å². The number of thiophene rings is 1. The van der Waals surface area contributed by atoms with Gasteiger partial charge in [-0.05, 0) is 42.6 Å². The molecule has 0 bridgehead atoms. The van der Waals surface area contributed by atoms with Crippen LogP contribution in [0.5, 0.6) is 0 Å². The van der Waals surface area contributed by atoms with Gasteiger partial charge in [-0.15, -0.1) is 11.3 Å².